The molecule has 100 valence electrons. The first-order valence-electron chi connectivity index (χ1n) is 7.56. The highest BCUT2D eigenvalue weighted by molar-refractivity contribution is 5.11. The van der Waals surface area contributed by atoms with Crippen LogP contribution in [0.2, 0.25) is 0 Å². The predicted octanol–water partition coefficient (Wildman–Crippen LogP) is 3.48. The molecule has 2 aliphatic carbocycles. The largest absolute Gasteiger partial charge is 0.393 e. The molecule has 0 radical (unpaired) electrons. The molecule has 3 nitrogen and oxygen atoms in total. The molecule has 1 heterocycles. The van der Waals surface area contributed by atoms with Gasteiger partial charge in [0.15, 0.2) is 0 Å². The van der Waals surface area contributed by atoms with Gasteiger partial charge in [-0.3, -0.25) is 0 Å². The van der Waals surface area contributed by atoms with Gasteiger partial charge in [-0.05, 0) is 38.5 Å². The van der Waals surface area contributed by atoms with Crippen LogP contribution in [0.4, 0.5) is 0 Å². The number of rotatable bonds is 2. The van der Waals surface area contributed by atoms with Crippen molar-refractivity contribution in [1.82, 2.24) is 9.97 Å². The van der Waals surface area contributed by atoms with Gasteiger partial charge in [0.05, 0.1) is 6.10 Å². The highest BCUT2D eigenvalue weighted by Crippen LogP contribution is 2.35. The van der Waals surface area contributed by atoms with Crippen LogP contribution in [0.5, 0.6) is 0 Å². The number of nitrogens with one attached hydrogen (secondary N) is 1. The molecule has 1 aromatic rings. The van der Waals surface area contributed by atoms with E-state index in [4.69, 9.17) is 0 Å². The zero-order valence-electron chi connectivity index (χ0n) is 11.1. The molecule has 0 bridgehead atoms. The average Bonchev–Trinajstić information content (AvgIpc) is 2.90. The normalized spacial score (nSPS) is 30.5. The fraction of sp³-hybridized carbons (Fsp3) is 0.800. The summed E-state index contributed by atoms with van der Waals surface area (Å²) in [6.07, 6.45) is 12.8. The molecule has 2 aliphatic rings. The maximum atomic E-state index is 9.55. The Bertz CT molecular complexity index is 374. The Balaban J connectivity index is 1.65. The van der Waals surface area contributed by atoms with Crippen LogP contribution in [0.3, 0.4) is 0 Å². The van der Waals surface area contributed by atoms with Gasteiger partial charge in [0.2, 0.25) is 0 Å². The number of aliphatic hydroxyl groups is 1. The molecule has 2 N–H and O–H groups in total. The first kappa shape index (κ1) is 12.2. The minimum Gasteiger partial charge on any atom is -0.393 e. The zero-order valence-corrected chi connectivity index (χ0v) is 11.1. The molecule has 3 heteroatoms. The van der Waals surface area contributed by atoms with Crippen LogP contribution in [-0.2, 0) is 0 Å². The summed E-state index contributed by atoms with van der Waals surface area (Å²) in [5.41, 5.74) is 1.36. The molecule has 3 rings (SSSR count). The van der Waals surface area contributed by atoms with E-state index < -0.39 is 0 Å². The van der Waals surface area contributed by atoms with Crippen molar-refractivity contribution in [3.63, 3.8) is 0 Å². The SMILES string of the molecule is OC1CCC(c2ncc(C3CCCCC3)[nH]2)CC1. The minimum atomic E-state index is -0.0750. The van der Waals surface area contributed by atoms with E-state index in [9.17, 15) is 5.11 Å². The van der Waals surface area contributed by atoms with Gasteiger partial charge < -0.3 is 10.1 Å². The number of hydrogen-bond donors (Lipinski definition) is 2. The van der Waals surface area contributed by atoms with Gasteiger partial charge in [0, 0.05) is 23.7 Å². The van der Waals surface area contributed by atoms with E-state index in [1.807, 2.05) is 0 Å². The fourth-order valence-electron chi connectivity index (χ4n) is 3.53. The Kier molecular flexibility index (Phi) is 3.69. The lowest BCUT2D eigenvalue weighted by Crippen LogP contribution is -2.17. The Hall–Kier alpha value is -0.830. The standard InChI is InChI=1S/C15H24N2O/c18-13-8-6-12(7-9-13)15-16-10-14(17-15)11-4-2-1-3-5-11/h10-13,18H,1-9H2,(H,16,17). The molecule has 2 fully saturated rings. The van der Waals surface area contributed by atoms with E-state index in [0.717, 1.165) is 25.7 Å². The number of nitrogens with zero attached hydrogens (tertiary/aromatic N) is 1. The Morgan fingerprint density at radius 1 is 0.944 bits per heavy atom. The molecule has 0 atom stereocenters. The maximum absolute atomic E-state index is 9.55. The second kappa shape index (κ2) is 5.43. The molecule has 1 aromatic heterocycles. The smallest absolute Gasteiger partial charge is 0.109 e. The first-order valence-corrected chi connectivity index (χ1v) is 7.56. The van der Waals surface area contributed by atoms with E-state index in [1.165, 1.54) is 43.6 Å². The van der Waals surface area contributed by atoms with Crippen molar-refractivity contribution >= 4 is 0 Å². The molecular formula is C15H24N2O. The number of H-pyrrole nitrogens is 1. The van der Waals surface area contributed by atoms with Crippen molar-refractivity contribution in [2.45, 2.75) is 75.7 Å². The quantitative estimate of drug-likeness (QED) is 0.842. The molecule has 0 amide bonds. The van der Waals surface area contributed by atoms with E-state index in [1.54, 1.807) is 0 Å². The topological polar surface area (TPSA) is 48.9 Å². The van der Waals surface area contributed by atoms with Crippen molar-refractivity contribution in [3.8, 4) is 0 Å². The second-order valence-corrected chi connectivity index (χ2v) is 6.06. The lowest BCUT2D eigenvalue weighted by molar-refractivity contribution is 0.121. The van der Waals surface area contributed by atoms with E-state index in [2.05, 4.69) is 16.2 Å². The van der Waals surface area contributed by atoms with Crippen LogP contribution >= 0.6 is 0 Å². The Morgan fingerprint density at radius 2 is 1.67 bits per heavy atom. The van der Waals surface area contributed by atoms with Crippen molar-refractivity contribution in [3.05, 3.63) is 17.7 Å². The first-order chi connectivity index (χ1) is 8.83. The molecular weight excluding hydrogens is 224 g/mol. The number of imidazole rings is 1. The van der Waals surface area contributed by atoms with Crippen LogP contribution in [0, 0.1) is 0 Å². The predicted molar refractivity (Wildman–Crippen MR) is 71.6 cm³/mol. The lowest BCUT2D eigenvalue weighted by atomic mass is 9.86. The van der Waals surface area contributed by atoms with Crippen molar-refractivity contribution in [1.29, 1.82) is 0 Å². The lowest BCUT2D eigenvalue weighted by Gasteiger charge is -2.24. The Morgan fingerprint density at radius 3 is 2.39 bits per heavy atom. The summed E-state index contributed by atoms with van der Waals surface area (Å²) in [6, 6.07) is 0. The summed E-state index contributed by atoms with van der Waals surface area (Å²) < 4.78 is 0. The monoisotopic (exact) mass is 248 g/mol. The molecule has 0 aromatic carbocycles. The third-order valence-electron chi connectivity index (χ3n) is 4.74. The maximum Gasteiger partial charge on any atom is 0.109 e. The van der Waals surface area contributed by atoms with E-state index in [-0.39, 0.29) is 6.10 Å². The summed E-state index contributed by atoms with van der Waals surface area (Å²) in [4.78, 5) is 8.18. The van der Waals surface area contributed by atoms with Crippen LogP contribution in [0.15, 0.2) is 6.20 Å². The molecule has 0 spiro atoms. The van der Waals surface area contributed by atoms with Crippen LogP contribution in [0.1, 0.15) is 81.1 Å². The van der Waals surface area contributed by atoms with Gasteiger partial charge in [0.25, 0.3) is 0 Å². The third kappa shape index (κ3) is 2.61. The number of aromatic amines is 1. The third-order valence-corrected chi connectivity index (χ3v) is 4.74. The van der Waals surface area contributed by atoms with Crippen molar-refractivity contribution in [2.75, 3.05) is 0 Å². The van der Waals surface area contributed by atoms with Crippen molar-refractivity contribution < 1.29 is 5.11 Å². The van der Waals surface area contributed by atoms with Crippen LogP contribution in [0.25, 0.3) is 0 Å². The number of aliphatic hydroxyl groups excluding tert-OH is 1. The second-order valence-electron chi connectivity index (χ2n) is 6.06. The van der Waals surface area contributed by atoms with Gasteiger partial charge in [-0.1, -0.05) is 19.3 Å². The van der Waals surface area contributed by atoms with Crippen LogP contribution < -0.4 is 0 Å². The van der Waals surface area contributed by atoms with Gasteiger partial charge >= 0.3 is 0 Å². The number of hydrogen-bond acceptors (Lipinski definition) is 2. The molecule has 2 saturated carbocycles. The highest BCUT2D eigenvalue weighted by Gasteiger charge is 2.24. The van der Waals surface area contributed by atoms with Gasteiger partial charge in [0.1, 0.15) is 5.82 Å². The summed E-state index contributed by atoms with van der Waals surface area (Å²) in [6.45, 7) is 0. The molecule has 0 saturated heterocycles. The summed E-state index contributed by atoms with van der Waals surface area (Å²) in [5.74, 6) is 2.43. The van der Waals surface area contributed by atoms with Gasteiger partial charge in [-0.15, -0.1) is 0 Å². The zero-order chi connectivity index (χ0) is 12.4. The molecule has 0 aliphatic heterocycles. The fourth-order valence-corrected chi connectivity index (χ4v) is 3.53. The molecule has 18 heavy (non-hydrogen) atoms. The highest BCUT2D eigenvalue weighted by atomic mass is 16.3. The van der Waals surface area contributed by atoms with Crippen LogP contribution in [-0.4, -0.2) is 21.2 Å². The average molecular weight is 248 g/mol. The van der Waals surface area contributed by atoms with Crippen molar-refractivity contribution in [2.24, 2.45) is 0 Å². The number of aromatic nitrogens is 2. The minimum absolute atomic E-state index is 0.0750. The van der Waals surface area contributed by atoms with Gasteiger partial charge in [-0.25, -0.2) is 4.98 Å². The summed E-state index contributed by atoms with van der Waals surface area (Å²) in [7, 11) is 0. The van der Waals surface area contributed by atoms with Gasteiger partial charge in [-0.2, -0.15) is 0 Å². The molecule has 0 unspecified atom stereocenters. The summed E-state index contributed by atoms with van der Waals surface area (Å²) >= 11 is 0. The summed E-state index contributed by atoms with van der Waals surface area (Å²) in [5, 5.41) is 9.55. The van der Waals surface area contributed by atoms with E-state index >= 15 is 0 Å². The Labute approximate surface area is 109 Å². The van der Waals surface area contributed by atoms with E-state index in [0.29, 0.717) is 11.8 Å².